The first-order valence-electron chi connectivity index (χ1n) is 5.47. The molecule has 0 unspecified atom stereocenters. The van der Waals surface area contributed by atoms with E-state index in [1.807, 2.05) is 12.3 Å². The van der Waals surface area contributed by atoms with E-state index in [0.717, 1.165) is 6.54 Å². The average Bonchev–Trinajstić information content (AvgIpc) is 2.58. The number of nitrogens with zero attached hydrogens (tertiary/aromatic N) is 2. The van der Waals surface area contributed by atoms with Crippen LogP contribution in [0.5, 0.6) is 0 Å². The minimum absolute atomic E-state index is 0.604. The Labute approximate surface area is 95.9 Å². The summed E-state index contributed by atoms with van der Waals surface area (Å²) >= 11 is 0. The highest BCUT2D eigenvalue weighted by atomic mass is 15.0. The zero-order valence-corrected chi connectivity index (χ0v) is 9.77. The molecule has 0 atom stereocenters. The van der Waals surface area contributed by atoms with Gasteiger partial charge >= 0.3 is 0 Å². The molecule has 2 N–H and O–H groups in total. The van der Waals surface area contributed by atoms with Crippen LogP contribution in [-0.4, -0.2) is 9.55 Å². The molecular formula is C13H17N3. The Hall–Kier alpha value is -1.61. The van der Waals surface area contributed by atoms with Crippen LogP contribution in [-0.2, 0) is 13.1 Å². The van der Waals surface area contributed by atoms with Crippen molar-refractivity contribution < 1.29 is 0 Å². The number of pyridine rings is 1. The molecule has 16 heavy (non-hydrogen) atoms. The predicted molar refractivity (Wildman–Crippen MR) is 65.1 cm³/mol. The maximum Gasteiger partial charge on any atom is 0.0490 e. The zero-order valence-electron chi connectivity index (χ0n) is 9.77. The Balaban J connectivity index is 2.31. The Morgan fingerprint density at radius 3 is 2.75 bits per heavy atom. The molecule has 0 aliphatic carbocycles. The number of nitrogens with two attached hydrogens (primary N) is 1. The number of aryl methyl sites for hydroxylation is 1. The van der Waals surface area contributed by atoms with Crippen molar-refractivity contribution in [1.82, 2.24) is 9.55 Å². The number of hydrogen-bond acceptors (Lipinski definition) is 2. The van der Waals surface area contributed by atoms with E-state index in [1.165, 1.54) is 22.5 Å². The van der Waals surface area contributed by atoms with Crippen molar-refractivity contribution in [2.75, 3.05) is 0 Å². The lowest BCUT2D eigenvalue weighted by atomic mass is 10.2. The SMILES string of the molecule is Cc1cc(CN)c(C)n1Cc1cccnc1. The highest BCUT2D eigenvalue weighted by Crippen LogP contribution is 2.16. The van der Waals surface area contributed by atoms with Crippen molar-refractivity contribution in [3.05, 3.63) is 53.1 Å². The zero-order chi connectivity index (χ0) is 11.5. The van der Waals surface area contributed by atoms with Gasteiger partial charge in [0.05, 0.1) is 0 Å². The average molecular weight is 215 g/mol. The lowest BCUT2D eigenvalue weighted by Gasteiger charge is -2.09. The standard InChI is InChI=1S/C13H17N3/c1-10-6-13(7-14)11(2)16(10)9-12-4-3-5-15-8-12/h3-6,8H,7,9,14H2,1-2H3. The van der Waals surface area contributed by atoms with Crippen molar-refractivity contribution in [1.29, 1.82) is 0 Å². The second kappa shape index (κ2) is 4.49. The van der Waals surface area contributed by atoms with Gasteiger partial charge in [0, 0.05) is 36.9 Å². The van der Waals surface area contributed by atoms with E-state index in [9.17, 15) is 0 Å². The molecule has 84 valence electrons. The molecule has 3 heteroatoms. The second-order valence-electron chi connectivity index (χ2n) is 4.05. The number of hydrogen-bond donors (Lipinski definition) is 1. The van der Waals surface area contributed by atoms with E-state index in [4.69, 9.17) is 5.73 Å². The second-order valence-corrected chi connectivity index (χ2v) is 4.05. The van der Waals surface area contributed by atoms with Gasteiger partial charge in [-0.1, -0.05) is 6.07 Å². The topological polar surface area (TPSA) is 43.8 Å². The van der Waals surface area contributed by atoms with Crippen LogP contribution in [0.2, 0.25) is 0 Å². The molecule has 2 aromatic rings. The van der Waals surface area contributed by atoms with Crippen LogP contribution in [0.1, 0.15) is 22.5 Å². The normalized spacial score (nSPS) is 10.7. The van der Waals surface area contributed by atoms with Crippen LogP contribution in [0.3, 0.4) is 0 Å². The monoisotopic (exact) mass is 215 g/mol. The third-order valence-electron chi connectivity index (χ3n) is 2.96. The molecule has 0 aliphatic rings. The van der Waals surface area contributed by atoms with Gasteiger partial charge in [-0.2, -0.15) is 0 Å². The summed E-state index contributed by atoms with van der Waals surface area (Å²) in [5.74, 6) is 0. The van der Waals surface area contributed by atoms with Crippen LogP contribution in [0.25, 0.3) is 0 Å². The Morgan fingerprint density at radius 2 is 2.19 bits per heavy atom. The van der Waals surface area contributed by atoms with Gasteiger partial charge in [-0.05, 0) is 37.1 Å². The van der Waals surface area contributed by atoms with E-state index in [0.29, 0.717) is 6.54 Å². The van der Waals surface area contributed by atoms with Crippen LogP contribution in [0.4, 0.5) is 0 Å². The lowest BCUT2D eigenvalue weighted by Crippen LogP contribution is -2.05. The Kier molecular flexibility index (Phi) is 3.06. The molecular weight excluding hydrogens is 198 g/mol. The predicted octanol–water partition coefficient (Wildman–Crippen LogP) is 2.01. The van der Waals surface area contributed by atoms with Crippen LogP contribution < -0.4 is 5.73 Å². The quantitative estimate of drug-likeness (QED) is 0.851. The van der Waals surface area contributed by atoms with E-state index in [2.05, 4.69) is 35.5 Å². The first-order chi connectivity index (χ1) is 7.72. The summed E-state index contributed by atoms with van der Waals surface area (Å²) in [6.07, 6.45) is 3.70. The number of rotatable bonds is 3. The molecule has 2 aromatic heterocycles. The van der Waals surface area contributed by atoms with E-state index < -0.39 is 0 Å². The van der Waals surface area contributed by atoms with Gasteiger partial charge in [0.15, 0.2) is 0 Å². The molecule has 0 fully saturated rings. The molecule has 0 aromatic carbocycles. The molecule has 0 radical (unpaired) electrons. The fraction of sp³-hybridized carbons (Fsp3) is 0.308. The molecule has 0 spiro atoms. The molecule has 2 heterocycles. The summed E-state index contributed by atoms with van der Waals surface area (Å²) in [6, 6.07) is 6.22. The third kappa shape index (κ3) is 1.99. The fourth-order valence-corrected chi connectivity index (χ4v) is 2.00. The van der Waals surface area contributed by atoms with Gasteiger partial charge in [0.1, 0.15) is 0 Å². The van der Waals surface area contributed by atoms with Gasteiger partial charge < -0.3 is 10.3 Å². The van der Waals surface area contributed by atoms with E-state index >= 15 is 0 Å². The summed E-state index contributed by atoms with van der Waals surface area (Å²) in [7, 11) is 0. The first kappa shape index (κ1) is 10.9. The highest BCUT2D eigenvalue weighted by Gasteiger charge is 2.07. The Morgan fingerprint density at radius 1 is 1.38 bits per heavy atom. The van der Waals surface area contributed by atoms with Crippen molar-refractivity contribution in [3.8, 4) is 0 Å². The maximum atomic E-state index is 5.70. The summed E-state index contributed by atoms with van der Waals surface area (Å²) in [5.41, 5.74) is 10.6. The van der Waals surface area contributed by atoms with E-state index in [-0.39, 0.29) is 0 Å². The van der Waals surface area contributed by atoms with Gasteiger partial charge in [-0.15, -0.1) is 0 Å². The Bertz CT molecular complexity index is 471. The largest absolute Gasteiger partial charge is 0.344 e. The molecule has 3 nitrogen and oxygen atoms in total. The molecule has 2 rings (SSSR count). The minimum atomic E-state index is 0.604. The maximum absolute atomic E-state index is 5.70. The van der Waals surface area contributed by atoms with Crippen molar-refractivity contribution in [2.24, 2.45) is 5.73 Å². The molecule has 0 bridgehead atoms. The summed E-state index contributed by atoms with van der Waals surface area (Å²) in [6.45, 7) is 5.70. The van der Waals surface area contributed by atoms with Gasteiger partial charge in [-0.25, -0.2) is 0 Å². The third-order valence-corrected chi connectivity index (χ3v) is 2.96. The fourth-order valence-electron chi connectivity index (χ4n) is 2.00. The van der Waals surface area contributed by atoms with Gasteiger partial charge in [0.25, 0.3) is 0 Å². The number of aromatic nitrogens is 2. The van der Waals surface area contributed by atoms with Crippen LogP contribution >= 0.6 is 0 Å². The van der Waals surface area contributed by atoms with Crippen LogP contribution in [0.15, 0.2) is 30.6 Å². The van der Waals surface area contributed by atoms with Crippen molar-refractivity contribution >= 4 is 0 Å². The van der Waals surface area contributed by atoms with E-state index in [1.54, 1.807) is 6.20 Å². The molecule has 0 saturated carbocycles. The van der Waals surface area contributed by atoms with Gasteiger partial charge in [0.2, 0.25) is 0 Å². The van der Waals surface area contributed by atoms with Gasteiger partial charge in [-0.3, -0.25) is 4.98 Å². The summed E-state index contributed by atoms with van der Waals surface area (Å²) in [4.78, 5) is 4.13. The summed E-state index contributed by atoms with van der Waals surface area (Å²) in [5, 5.41) is 0. The van der Waals surface area contributed by atoms with Crippen molar-refractivity contribution in [3.63, 3.8) is 0 Å². The van der Waals surface area contributed by atoms with Crippen LogP contribution in [0, 0.1) is 13.8 Å². The lowest BCUT2D eigenvalue weighted by molar-refractivity contribution is 0.741. The summed E-state index contributed by atoms with van der Waals surface area (Å²) < 4.78 is 2.28. The smallest absolute Gasteiger partial charge is 0.0490 e. The molecule has 0 saturated heterocycles. The molecule has 0 amide bonds. The molecule has 0 aliphatic heterocycles. The highest BCUT2D eigenvalue weighted by molar-refractivity contribution is 5.27. The van der Waals surface area contributed by atoms with Crippen molar-refractivity contribution in [2.45, 2.75) is 26.9 Å². The first-order valence-corrected chi connectivity index (χ1v) is 5.47. The minimum Gasteiger partial charge on any atom is -0.344 e.